The van der Waals surface area contributed by atoms with Crippen molar-refractivity contribution in [3.8, 4) is 0 Å². The average molecular weight is 369 g/mol. The quantitative estimate of drug-likeness (QED) is 0.308. The fourth-order valence-corrected chi connectivity index (χ4v) is 2.82. The molecule has 140 valence electrons. The van der Waals surface area contributed by atoms with Crippen LogP contribution in [0.5, 0.6) is 0 Å². The SMILES string of the molecule is CO/C=C(/COOC)c1ccccc1CON1C(=O)c2ccccc2C1=O. The van der Waals surface area contributed by atoms with Gasteiger partial charge in [0.15, 0.2) is 0 Å². The third-order valence-corrected chi connectivity index (χ3v) is 4.06. The van der Waals surface area contributed by atoms with Crippen molar-refractivity contribution in [1.29, 1.82) is 0 Å². The first-order chi connectivity index (χ1) is 13.2. The molecule has 7 heteroatoms. The van der Waals surface area contributed by atoms with Gasteiger partial charge in [0.1, 0.15) is 13.2 Å². The van der Waals surface area contributed by atoms with Crippen LogP contribution in [0.15, 0.2) is 54.8 Å². The first kappa shape index (κ1) is 18.8. The van der Waals surface area contributed by atoms with E-state index in [2.05, 4.69) is 4.89 Å². The van der Waals surface area contributed by atoms with Crippen molar-refractivity contribution >= 4 is 17.4 Å². The highest BCUT2D eigenvalue weighted by Gasteiger charge is 2.36. The molecule has 0 aliphatic carbocycles. The molecule has 7 nitrogen and oxygen atoms in total. The number of hydroxylamine groups is 2. The van der Waals surface area contributed by atoms with Gasteiger partial charge in [-0.25, -0.2) is 9.78 Å². The number of benzene rings is 2. The van der Waals surface area contributed by atoms with Crippen molar-refractivity contribution in [1.82, 2.24) is 5.06 Å². The molecule has 1 aliphatic heterocycles. The van der Waals surface area contributed by atoms with E-state index in [0.29, 0.717) is 11.1 Å². The second-order valence-corrected chi connectivity index (χ2v) is 5.69. The summed E-state index contributed by atoms with van der Waals surface area (Å²) in [7, 11) is 2.95. The molecule has 2 aromatic carbocycles. The Bertz CT molecular complexity index is 841. The lowest BCUT2D eigenvalue weighted by Gasteiger charge is -2.16. The highest BCUT2D eigenvalue weighted by Crippen LogP contribution is 2.25. The molecule has 0 N–H and O–H groups in total. The van der Waals surface area contributed by atoms with Crippen LogP contribution in [0.1, 0.15) is 31.8 Å². The minimum atomic E-state index is -0.469. The standard InChI is InChI=1S/C20H19NO6/c1-24-11-15(13-27-25-2)16-8-4-3-7-14(16)12-26-21-19(22)17-9-5-6-10-18(17)20(21)23/h3-11H,12-13H2,1-2H3/b15-11-. The molecule has 0 unspecified atom stereocenters. The predicted octanol–water partition coefficient (Wildman–Crippen LogP) is 2.98. The lowest BCUT2D eigenvalue weighted by molar-refractivity contribution is -0.261. The third kappa shape index (κ3) is 3.90. The minimum absolute atomic E-state index is 0.0235. The first-order valence-corrected chi connectivity index (χ1v) is 8.23. The smallest absolute Gasteiger partial charge is 0.285 e. The summed E-state index contributed by atoms with van der Waals surface area (Å²) >= 11 is 0. The Balaban J connectivity index is 1.79. The van der Waals surface area contributed by atoms with Gasteiger partial charge in [-0.1, -0.05) is 36.4 Å². The molecule has 0 aromatic heterocycles. The number of imide groups is 1. The van der Waals surface area contributed by atoms with E-state index in [0.717, 1.165) is 21.8 Å². The molecular formula is C20H19NO6. The summed E-state index contributed by atoms with van der Waals surface area (Å²) < 4.78 is 5.11. The number of methoxy groups -OCH3 is 1. The number of nitrogens with zero attached hydrogens (tertiary/aromatic N) is 1. The molecular weight excluding hydrogens is 350 g/mol. The van der Waals surface area contributed by atoms with Gasteiger partial charge in [0.2, 0.25) is 0 Å². The van der Waals surface area contributed by atoms with Gasteiger partial charge < -0.3 is 4.74 Å². The molecule has 3 rings (SSSR count). The van der Waals surface area contributed by atoms with Crippen molar-refractivity contribution in [2.75, 3.05) is 20.8 Å². The van der Waals surface area contributed by atoms with E-state index < -0.39 is 11.8 Å². The molecule has 2 amide bonds. The minimum Gasteiger partial charge on any atom is -0.504 e. The maximum atomic E-state index is 12.4. The monoisotopic (exact) mass is 369 g/mol. The number of rotatable bonds is 8. The van der Waals surface area contributed by atoms with Crippen LogP contribution >= 0.6 is 0 Å². The van der Waals surface area contributed by atoms with Crippen molar-refractivity contribution in [2.45, 2.75) is 6.61 Å². The van der Waals surface area contributed by atoms with Crippen molar-refractivity contribution < 1.29 is 28.9 Å². The molecule has 0 bridgehead atoms. The zero-order chi connectivity index (χ0) is 19.2. The summed E-state index contributed by atoms with van der Waals surface area (Å²) in [5.41, 5.74) is 2.96. The summed E-state index contributed by atoms with van der Waals surface area (Å²) in [6.45, 7) is 0.185. The van der Waals surface area contributed by atoms with Gasteiger partial charge in [0.05, 0.1) is 31.6 Å². The maximum absolute atomic E-state index is 12.4. The number of carbonyl (C=O) groups is 2. The van der Waals surface area contributed by atoms with Crippen LogP contribution in [0.25, 0.3) is 5.57 Å². The van der Waals surface area contributed by atoms with Gasteiger partial charge in [0.25, 0.3) is 11.8 Å². The number of ether oxygens (including phenoxy) is 1. The van der Waals surface area contributed by atoms with Gasteiger partial charge in [-0.05, 0) is 23.3 Å². The Kier molecular flexibility index (Phi) is 5.97. The second kappa shape index (κ2) is 8.59. The largest absolute Gasteiger partial charge is 0.504 e. The van der Waals surface area contributed by atoms with E-state index in [4.69, 9.17) is 14.5 Å². The van der Waals surface area contributed by atoms with Crippen LogP contribution in [-0.2, 0) is 26.0 Å². The van der Waals surface area contributed by atoms with Crippen LogP contribution in [0.4, 0.5) is 0 Å². The Labute approximate surface area is 156 Å². The second-order valence-electron chi connectivity index (χ2n) is 5.69. The molecule has 2 aromatic rings. The number of fused-ring (bicyclic) bond motifs is 1. The highest BCUT2D eigenvalue weighted by molar-refractivity contribution is 6.20. The molecule has 1 aliphatic rings. The van der Waals surface area contributed by atoms with E-state index in [1.54, 1.807) is 30.5 Å². The van der Waals surface area contributed by atoms with E-state index >= 15 is 0 Å². The Hall–Kier alpha value is -3.00. The van der Waals surface area contributed by atoms with Crippen molar-refractivity contribution in [3.05, 3.63) is 77.0 Å². The van der Waals surface area contributed by atoms with Crippen molar-refractivity contribution in [2.24, 2.45) is 0 Å². The molecule has 0 saturated heterocycles. The summed E-state index contributed by atoms with van der Waals surface area (Å²) in [4.78, 5) is 40.0. The van der Waals surface area contributed by atoms with E-state index in [1.165, 1.54) is 14.2 Å². The molecule has 0 spiro atoms. The number of hydrogen-bond acceptors (Lipinski definition) is 6. The van der Waals surface area contributed by atoms with Gasteiger partial charge in [-0.15, -0.1) is 5.06 Å². The number of carbonyl (C=O) groups excluding carboxylic acids is 2. The lowest BCUT2D eigenvalue weighted by Crippen LogP contribution is -2.29. The molecule has 0 saturated carbocycles. The summed E-state index contributed by atoms with van der Waals surface area (Å²) in [5.74, 6) is -0.938. The lowest BCUT2D eigenvalue weighted by atomic mass is 10.0. The van der Waals surface area contributed by atoms with Crippen LogP contribution < -0.4 is 0 Å². The Morgan fingerprint density at radius 3 is 2.22 bits per heavy atom. The first-order valence-electron chi connectivity index (χ1n) is 8.23. The van der Waals surface area contributed by atoms with Crippen LogP contribution in [-0.4, -0.2) is 37.7 Å². The topological polar surface area (TPSA) is 74.3 Å². The normalized spacial score (nSPS) is 13.9. The van der Waals surface area contributed by atoms with Gasteiger partial charge in [0, 0.05) is 5.57 Å². The van der Waals surface area contributed by atoms with Crippen LogP contribution in [0, 0.1) is 0 Å². The van der Waals surface area contributed by atoms with Crippen molar-refractivity contribution in [3.63, 3.8) is 0 Å². The van der Waals surface area contributed by atoms with Crippen LogP contribution in [0.2, 0.25) is 0 Å². The zero-order valence-electron chi connectivity index (χ0n) is 15.0. The molecule has 27 heavy (non-hydrogen) atoms. The summed E-state index contributed by atoms with van der Waals surface area (Å²) in [6.07, 6.45) is 1.54. The predicted molar refractivity (Wildman–Crippen MR) is 96.1 cm³/mol. The summed E-state index contributed by atoms with van der Waals surface area (Å²) in [5, 5.41) is 0.798. The van der Waals surface area contributed by atoms with E-state index in [1.807, 2.05) is 24.3 Å². The van der Waals surface area contributed by atoms with Crippen LogP contribution in [0.3, 0.4) is 0 Å². The van der Waals surface area contributed by atoms with Gasteiger partial charge in [-0.2, -0.15) is 0 Å². The molecule has 0 radical (unpaired) electrons. The van der Waals surface area contributed by atoms with E-state index in [-0.39, 0.29) is 13.2 Å². The third-order valence-electron chi connectivity index (χ3n) is 4.06. The summed E-state index contributed by atoms with van der Waals surface area (Å²) in [6, 6.07) is 14.0. The van der Waals surface area contributed by atoms with E-state index in [9.17, 15) is 9.59 Å². The van der Waals surface area contributed by atoms with Gasteiger partial charge in [-0.3, -0.25) is 14.4 Å². The molecule has 1 heterocycles. The number of amides is 2. The Morgan fingerprint density at radius 2 is 1.59 bits per heavy atom. The molecule has 0 atom stereocenters. The fourth-order valence-electron chi connectivity index (χ4n) is 2.82. The molecule has 0 fully saturated rings. The average Bonchev–Trinajstić information content (AvgIpc) is 2.94. The Morgan fingerprint density at radius 1 is 0.963 bits per heavy atom. The maximum Gasteiger partial charge on any atom is 0.285 e. The van der Waals surface area contributed by atoms with Gasteiger partial charge >= 0.3 is 0 Å². The highest BCUT2D eigenvalue weighted by atomic mass is 17.2. The fraction of sp³-hybridized carbons (Fsp3) is 0.200. The number of hydrogen-bond donors (Lipinski definition) is 0. The zero-order valence-corrected chi connectivity index (χ0v) is 15.0.